The molecular formula is C17H33N3O3. The first-order valence-corrected chi connectivity index (χ1v) is 8.72. The number of ether oxygens (including phenoxy) is 1. The molecule has 1 heterocycles. The van der Waals surface area contributed by atoms with Gasteiger partial charge in [0.1, 0.15) is 5.60 Å². The van der Waals surface area contributed by atoms with Gasteiger partial charge in [0.05, 0.1) is 6.54 Å². The van der Waals surface area contributed by atoms with Crippen LogP contribution in [0, 0.1) is 5.92 Å². The first-order valence-electron chi connectivity index (χ1n) is 8.72. The largest absolute Gasteiger partial charge is 0.444 e. The van der Waals surface area contributed by atoms with E-state index in [0.29, 0.717) is 32.1 Å². The number of likely N-dealkylation sites (N-methyl/N-ethyl adjacent to an activating group) is 1. The normalized spacial score (nSPS) is 16.5. The van der Waals surface area contributed by atoms with Crippen LogP contribution in [0.15, 0.2) is 0 Å². The Morgan fingerprint density at radius 2 is 1.74 bits per heavy atom. The molecule has 1 aliphatic rings. The lowest BCUT2D eigenvalue weighted by Crippen LogP contribution is -2.44. The second-order valence-corrected chi connectivity index (χ2v) is 7.18. The number of nitrogens with zero attached hydrogens (tertiary/aromatic N) is 2. The number of carbonyl (C=O) groups excluding carboxylic acids is 2. The van der Waals surface area contributed by atoms with E-state index in [-0.39, 0.29) is 12.0 Å². The maximum Gasteiger partial charge on any atom is 0.410 e. The molecule has 0 unspecified atom stereocenters. The fourth-order valence-corrected chi connectivity index (χ4v) is 2.61. The summed E-state index contributed by atoms with van der Waals surface area (Å²) in [5, 5.41) is 3.02. The highest BCUT2D eigenvalue weighted by molar-refractivity contribution is 5.78. The van der Waals surface area contributed by atoms with E-state index in [1.807, 2.05) is 20.8 Å². The van der Waals surface area contributed by atoms with E-state index in [1.165, 1.54) is 0 Å². The van der Waals surface area contributed by atoms with Crippen molar-refractivity contribution in [1.29, 1.82) is 0 Å². The second-order valence-electron chi connectivity index (χ2n) is 7.18. The van der Waals surface area contributed by atoms with Gasteiger partial charge in [0.15, 0.2) is 0 Å². The molecule has 0 aliphatic carbocycles. The predicted octanol–water partition coefficient (Wildman–Crippen LogP) is 2.09. The van der Waals surface area contributed by atoms with E-state index in [4.69, 9.17) is 4.74 Å². The van der Waals surface area contributed by atoms with Crippen LogP contribution in [-0.2, 0) is 9.53 Å². The molecule has 0 aromatic heterocycles. The van der Waals surface area contributed by atoms with Gasteiger partial charge in [-0.3, -0.25) is 9.69 Å². The van der Waals surface area contributed by atoms with Gasteiger partial charge in [-0.1, -0.05) is 13.8 Å². The molecule has 1 saturated heterocycles. The molecule has 0 radical (unpaired) electrons. The van der Waals surface area contributed by atoms with Gasteiger partial charge in [0.2, 0.25) is 5.91 Å². The van der Waals surface area contributed by atoms with E-state index < -0.39 is 5.60 Å². The van der Waals surface area contributed by atoms with E-state index in [1.54, 1.807) is 4.90 Å². The van der Waals surface area contributed by atoms with Gasteiger partial charge in [0.25, 0.3) is 0 Å². The highest BCUT2D eigenvalue weighted by Crippen LogP contribution is 2.19. The lowest BCUT2D eigenvalue weighted by atomic mass is 9.97. The smallest absolute Gasteiger partial charge is 0.410 e. The molecule has 6 heteroatoms. The summed E-state index contributed by atoms with van der Waals surface area (Å²) in [6, 6.07) is 0. The SMILES string of the molecule is CCN(CC)CC(=O)NCC1CCN(C(=O)OC(C)(C)C)CC1. The van der Waals surface area contributed by atoms with Crippen molar-refractivity contribution in [2.24, 2.45) is 5.92 Å². The quantitative estimate of drug-likeness (QED) is 0.811. The Morgan fingerprint density at radius 1 is 1.17 bits per heavy atom. The fraction of sp³-hybridized carbons (Fsp3) is 0.882. The van der Waals surface area contributed by atoms with Crippen LogP contribution in [0.3, 0.4) is 0 Å². The van der Waals surface area contributed by atoms with Crippen LogP contribution in [-0.4, -0.2) is 66.7 Å². The van der Waals surface area contributed by atoms with Gasteiger partial charge < -0.3 is 15.0 Å². The van der Waals surface area contributed by atoms with Crippen molar-refractivity contribution in [3.8, 4) is 0 Å². The third-order valence-corrected chi connectivity index (χ3v) is 4.12. The van der Waals surface area contributed by atoms with Crippen molar-refractivity contribution in [2.45, 2.75) is 53.1 Å². The van der Waals surface area contributed by atoms with Crippen LogP contribution in [0.4, 0.5) is 4.79 Å². The highest BCUT2D eigenvalue weighted by atomic mass is 16.6. The summed E-state index contributed by atoms with van der Waals surface area (Å²) in [6.45, 7) is 14.1. The van der Waals surface area contributed by atoms with Crippen molar-refractivity contribution < 1.29 is 14.3 Å². The summed E-state index contributed by atoms with van der Waals surface area (Å²) < 4.78 is 5.39. The van der Waals surface area contributed by atoms with Crippen LogP contribution in [0.25, 0.3) is 0 Å². The zero-order chi connectivity index (χ0) is 17.5. The molecule has 1 fully saturated rings. The Kier molecular flexibility index (Phi) is 7.82. The summed E-state index contributed by atoms with van der Waals surface area (Å²) in [5.74, 6) is 0.526. The summed E-state index contributed by atoms with van der Waals surface area (Å²) in [7, 11) is 0. The van der Waals surface area contributed by atoms with Gasteiger partial charge in [0, 0.05) is 19.6 Å². The molecule has 1 N–H and O–H groups in total. The molecule has 0 spiro atoms. The van der Waals surface area contributed by atoms with Crippen LogP contribution in [0.1, 0.15) is 47.5 Å². The van der Waals surface area contributed by atoms with Crippen LogP contribution in [0.2, 0.25) is 0 Å². The second kappa shape index (κ2) is 9.11. The number of hydrogen-bond donors (Lipinski definition) is 1. The fourth-order valence-electron chi connectivity index (χ4n) is 2.61. The third kappa shape index (κ3) is 7.68. The summed E-state index contributed by atoms with van der Waals surface area (Å²) in [4.78, 5) is 27.8. The van der Waals surface area contributed by atoms with Gasteiger partial charge in [-0.15, -0.1) is 0 Å². The summed E-state index contributed by atoms with van der Waals surface area (Å²) in [6.07, 6.45) is 1.58. The number of carbonyl (C=O) groups is 2. The van der Waals surface area contributed by atoms with Gasteiger partial charge in [-0.2, -0.15) is 0 Å². The standard InChI is InChI=1S/C17H33N3O3/c1-6-19(7-2)13-15(21)18-12-14-8-10-20(11-9-14)16(22)23-17(3,4)5/h14H,6-13H2,1-5H3,(H,18,21). The van der Waals surface area contributed by atoms with Crippen molar-refractivity contribution >= 4 is 12.0 Å². The first kappa shape index (κ1) is 19.7. The molecule has 0 saturated carbocycles. The highest BCUT2D eigenvalue weighted by Gasteiger charge is 2.26. The van der Waals surface area contributed by atoms with Crippen LogP contribution < -0.4 is 5.32 Å². The Hall–Kier alpha value is -1.30. The Balaban J connectivity index is 2.26. The lowest BCUT2D eigenvalue weighted by Gasteiger charge is -2.33. The Bertz CT molecular complexity index is 381. The molecule has 0 bridgehead atoms. The molecule has 2 amide bonds. The zero-order valence-corrected chi connectivity index (χ0v) is 15.4. The average Bonchev–Trinajstić information content (AvgIpc) is 2.49. The number of likely N-dealkylation sites (tertiary alicyclic amines) is 1. The van der Waals surface area contributed by atoms with Crippen molar-refractivity contribution in [1.82, 2.24) is 15.1 Å². The molecule has 6 nitrogen and oxygen atoms in total. The molecular weight excluding hydrogens is 294 g/mol. The van der Waals surface area contributed by atoms with Gasteiger partial charge >= 0.3 is 6.09 Å². The van der Waals surface area contributed by atoms with E-state index >= 15 is 0 Å². The molecule has 134 valence electrons. The first-order chi connectivity index (χ1) is 10.7. The molecule has 23 heavy (non-hydrogen) atoms. The van der Waals surface area contributed by atoms with Crippen molar-refractivity contribution in [3.63, 3.8) is 0 Å². The minimum Gasteiger partial charge on any atom is -0.444 e. The number of amides is 2. The van der Waals surface area contributed by atoms with Crippen molar-refractivity contribution in [3.05, 3.63) is 0 Å². The predicted molar refractivity (Wildman–Crippen MR) is 91.3 cm³/mol. The Morgan fingerprint density at radius 3 is 2.22 bits per heavy atom. The summed E-state index contributed by atoms with van der Waals surface area (Å²) >= 11 is 0. The molecule has 1 aliphatic heterocycles. The lowest BCUT2D eigenvalue weighted by molar-refractivity contribution is -0.122. The van der Waals surface area contributed by atoms with E-state index in [2.05, 4.69) is 24.1 Å². The number of hydrogen-bond acceptors (Lipinski definition) is 4. The van der Waals surface area contributed by atoms with Crippen LogP contribution >= 0.6 is 0 Å². The topological polar surface area (TPSA) is 61.9 Å². The van der Waals surface area contributed by atoms with Crippen LogP contribution in [0.5, 0.6) is 0 Å². The van der Waals surface area contributed by atoms with E-state index in [0.717, 1.165) is 25.9 Å². The molecule has 1 rings (SSSR count). The molecule has 0 atom stereocenters. The number of piperidine rings is 1. The minimum atomic E-state index is -0.452. The van der Waals surface area contributed by atoms with Gasteiger partial charge in [-0.05, 0) is 52.6 Å². The monoisotopic (exact) mass is 327 g/mol. The third-order valence-electron chi connectivity index (χ3n) is 4.12. The molecule has 0 aromatic rings. The maximum atomic E-state index is 12.0. The zero-order valence-electron chi connectivity index (χ0n) is 15.4. The number of rotatable bonds is 6. The summed E-state index contributed by atoms with van der Waals surface area (Å²) in [5.41, 5.74) is -0.452. The number of nitrogens with one attached hydrogen (secondary N) is 1. The molecule has 0 aromatic carbocycles. The average molecular weight is 327 g/mol. The maximum absolute atomic E-state index is 12.0. The van der Waals surface area contributed by atoms with E-state index in [9.17, 15) is 9.59 Å². The van der Waals surface area contributed by atoms with Crippen molar-refractivity contribution in [2.75, 3.05) is 39.3 Å². The van der Waals surface area contributed by atoms with Gasteiger partial charge in [-0.25, -0.2) is 4.79 Å². The minimum absolute atomic E-state index is 0.0864. The Labute approximate surface area is 140 Å².